The third-order valence-electron chi connectivity index (χ3n) is 6.22. The van der Waals surface area contributed by atoms with Crippen LogP contribution in [0.5, 0.6) is 0 Å². The zero-order valence-electron chi connectivity index (χ0n) is 19.5. The molecule has 1 saturated heterocycles. The number of hydrogen-bond acceptors (Lipinski definition) is 7. The summed E-state index contributed by atoms with van der Waals surface area (Å²) in [6.07, 6.45) is -2.34. The standard InChI is InChI=1S/C17H27N5.2C2HF3O2/c1-2-19-12-9-22(10-12)16-14-8-7-11-5-3-4-6-13(11)15(14)20-17(18)21-16;2*3-2(4,5)1(6)7/h11-13,19H,2-10H2,1H3,(H2,18,20,21);2*(H,6,7)/t11-,13+;;/m1../s1. The third-order valence-corrected chi connectivity index (χ3v) is 6.22. The quantitative estimate of drug-likeness (QED) is 0.434. The lowest BCUT2D eigenvalue weighted by Gasteiger charge is -2.43. The summed E-state index contributed by atoms with van der Waals surface area (Å²) in [4.78, 5) is 29.5. The van der Waals surface area contributed by atoms with Crippen LogP contribution in [0.2, 0.25) is 0 Å². The first-order chi connectivity index (χ1) is 16.6. The number of halogens is 6. The first-order valence-corrected chi connectivity index (χ1v) is 11.4. The maximum absolute atomic E-state index is 10.6. The summed E-state index contributed by atoms with van der Waals surface area (Å²) in [7, 11) is 0. The number of alkyl halides is 6. The van der Waals surface area contributed by atoms with Crippen LogP contribution in [0.3, 0.4) is 0 Å². The summed E-state index contributed by atoms with van der Waals surface area (Å²) < 4.78 is 63.5. The van der Waals surface area contributed by atoms with E-state index in [1.807, 2.05) is 0 Å². The minimum absolute atomic E-state index is 0.465. The van der Waals surface area contributed by atoms with Gasteiger partial charge in [0.15, 0.2) is 0 Å². The van der Waals surface area contributed by atoms with Gasteiger partial charge < -0.3 is 26.2 Å². The van der Waals surface area contributed by atoms with E-state index in [1.54, 1.807) is 0 Å². The van der Waals surface area contributed by atoms with E-state index in [0.29, 0.717) is 17.9 Å². The van der Waals surface area contributed by atoms with Crippen molar-refractivity contribution in [3.8, 4) is 0 Å². The van der Waals surface area contributed by atoms with E-state index in [9.17, 15) is 26.3 Å². The molecule has 3 aliphatic rings. The predicted octanol–water partition coefficient (Wildman–Crippen LogP) is 3.34. The number of aliphatic carboxylic acids is 2. The summed E-state index contributed by atoms with van der Waals surface area (Å²) in [5.74, 6) is -2.46. The second kappa shape index (κ2) is 11.9. The minimum Gasteiger partial charge on any atom is -0.475 e. The van der Waals surface area contributed by atoms with Gasteiger partial charge in [-0.05, 0) is 38.1 Å². The Balaban J connectivity index is 0.000000271. The molecule has 204 valence electrons. The molecule has 15 heteroatoms. The highest BCUT2D eigenvalue weighted by Crippen LogP contribution is 2.46. The zero-order valence-corrected chi connectivity index (χ0v) is 19.5. The Kier molecular flexibility index (Phi) is 9.74. The van der Waals surface area contributed by atoms with Crippen molar-refractivity contribution in [1.29, 1.82) is 0 Å². The molecular weight excluding hydrogens is 500 g/mol. The van der Waals surface area contributed by atoms with Gasteiger partial charge in [-0.1, -0.05) is 19.8 Å². The van der Waals surface area contributed by atoms with Gasteiger partial charge in [-0.25, -0.2) is 14.6 Å². The molecule has 9 nitrogen and oxygen atoms in total. The molecule has 1 aliphatic heterocycles. The molecule has 2 heterocycles. The van der Waals surface area contributed by atoms with Gasteiger partial charge in [0.2, 0.25) is 5.95 Å². The van der Waals surface area contributed by atoms with Gasteiger partial charge >= 0.3 is 24.3 Å². The van der Waals surface area contributed by atoms with Crippen molar-refractivity contribution in [2.45, 2.75) is 69.8 Å². The molecule has 36 heavy (non-hydrogen) atoms. The molecule has 1 saturated carbocycles. The van der Waals surface area contributed by atoms with Crippen LogP contribution >= 0.6 is 0 Å². The Hall–Kier alpha value is -2.84. The molecule has 0 radical (unpaired) electrons. The summed E-state index contributed by atoms with van der Waals surface area (Å²) in [6, 6.07) is 0.600. The van der Waals surface area contributed by atoms with Crippen LogP contribution in [-0.2, 0) is 16.0 Å². The average Bonchev–Trinajstić information content (AvgIpc) is 2.75. The van der Waals surface area contributed by atoms with Crippen molar-refractivity contribution in [1.82, 2.24) is 15.3 Å². The van der Waals surface area contributed by atoms with Gasteiger partial charge in [-0.15, -0.1) is 0 Å². The van der Waals surface area contributed by atoms with Gasteiger partial charge in [0.05, 0.1) is 5.69 Å². The van der Waals surface area contributed by atoms with Crippen molar-refractivity contribution in [3.05, 3.63) is 11.3 Å². The van der Waals surface area contributed by atoms with Gasteiger partial charge in [-0.3, -0.25) is 0 Å². The van der Waals surface area contributed by atoms with E-state index in [-0.39, 0.29) is 0 Å². The number of carboxylic acids is 2. The van der Waals surface area contributed by atoms with E-state index in [0.717, 1.165) is 37.8 Å². The monoisotopic (exact) mass is 529 g/mol. The fourth-order valence-electron chi connectivity index (χ4n) is 4.63. The normalized spacial score (nSPS) is 21.5. The number of hydrogen-bond donors (Lipinski definition) is 4. The number of nitrogens with two attached hydrogens (primary N) is 1. The van der Waals surface area contributed by atoms with Crippen molar-refractivity contribution < 1.29 is 46.1 Å². The Bertz CT molecular complexity index is 897. The van der Waals surface area contributed by atoms with Crippen LogP contribution < -0.4 is 16.0 Å². The molecule has 5 N–H and O–H groups in total. The zero-order chi connectivity index (χ0) is 27.3. The van der Waals surface area contributed by atoms with Crippen molar-refractivity contribution in [2.24, 2.45) is 5.92 Å². The number of nitrogens with one attached hydrogen (secondary N) is 1. The second-order valence-corrected chi connectivity index (χ2v) is 8.72. The summed E-state index contributed by atoms with van der Waals surface area (Å²) in [5.41, 5.74) is 8.73. The van der Waals surface area contributed by atoms with E-state index >= 15 is 0 Å². The first-order valence-electron chi connectivity index (χ1n) is 11.4. The SMILES string of the molecule is CCNC1CN(c2nc(N)nc3c2CC[C@H]2CCCC[C@H]32)C1.O=C(O)C(F)(F)F.O=C(O)C(F)(F)F. The molecule has 2 aliphatic carbocycles. The molecule has 2 atom stereocenters. The Morgan fingerprint density at radius 2 is 1.53 bits per heavy atom. The van der Waals surface area contributed by atoms with Gasteiger partial charge in [0.25, 0.3) is 0 Å². The molecule has 0 amide bonds. The number of nitrogen functional groups attached to an aromatic ring is 1. The Morgan fingerprint density at radius 3 is 2.03 bits per heavy atom. The molecule has 0 unspecified atom stereocenters. The fourth-order valence-corrected chi connectivity index (χ4v) is 4.63. The van der Waals surface area contributed by atoms with Gasteiger partial charge in [0.1, 0.15) is 5.82 Å². The highest BCUT2D eigenvalue weighted by molar-refractivity contribution is 5.73. The lowest BCUT2D eigenvalue weighted by Crippen LogP contribution is -2.58. The number of fused-ring (bicyclic) bond motifs is 3. The summed E-state index contributed by atoms with van der Waals surface area (Å²) >= 11 is 0. The minimum atomic E-state index is -5.08. The number of carbonyl (C=O) groups is 2. The van der Waals surface area contributed by atoms with Crippen LogP contribution in [0.4, 0.5) is 38.1 Å². The number of aromatic nitrogens is 2. The highest BCUT2D eigenvalue weighted by atomic mass is 19.4. The van der Waals surface area contributed by atoms with Gasteiger partial charge in [-0.2, -0.15) is 31.3 Å². The van der Waals surface area contributed by atoms with E-state index in [4.69, 9.17) is 25.5 Å². The summed E-state index contributed by atoms with van der Waals surface area (Å²) in [6.45, 7) is 5.29. The summed E-state index contributed by atoms with van der Waals surface area (Å²) in [5, 5.41) is 17.8. The van der Waals surface area contributed by atoms with E-state index in [2.05, 4.69) is 27.1 Å². The predicted molar refractivity (Wildman–Crippen MR) is 117 cm³/mol. The lowest BCUT2D eigenvalue weighted by atomic mass is 9.70. The van der Waals surface area contributed by atoms with Crippen molar-refractivity contribution >= 4 is 23.7 Å². The molecule has 1 aromatic heterocycles. The topological polar surface area (TPSA) is 142 Å². The van der Waals surface area contributed by atoms with Crippen LogP contribution in [0.15, 0.2) is 0 Å². The Morgan fingerprint density at radius 1 is 1.00 bits per heavy atom. The van der Waals surface area contributed by atoms with Crippen LogP contribution in [-0.4, -0.2) is 70.1 Å². The smallest absolute Gasteiger partial charge is 0.475 e. The lowest BCUT2D eigenvalue weighted by molar-refractivity contribution is -0.193. The molecule has 4 rings (SSSR count). The van der Waals surface area contributed by atoms with E-state index < -0.39 is 24.3 Å². The molecule has 2 fully saturated rings. The maximum Gasteiger partial charge on any atom is 0.490 e. The number of rotatable bonds is 3. The largest absolute Gasteiger partial charge is 0.490 e. The third kappa shape index (κ3) is 7.83. The Labute approximate surface area is 203 Å². The number of anilines is 2. The van der Waals surface area contributed by atoms with Crippen LogP contribution in [0, 0.1) is 5.92 Å². The molecule has 1 aromatic rings. The average molecular weight is 529 g/mol. The van der Waals surface area contributed by atoms with Crippen molar-refractivity contribution in [3.63, 3.8) is 0 Å². The highest BCUT2D eigenvalue weighted by Gasteiger charge is 2.39. The van der Waals surface area contributed by atoms with Crippen molar-refractivity contribution in [2.75, 3.05) is 30.3 Å². The first kappa shape index (κ1) is 29.4. The van der Waals surface area contributed by atoms with Crippen LogP contribution in [0.25, 0.3) is 0 Å². The molecule has 0 bridgehead atoms. The van der Waals surface area contributed by atoms with E-state index in [1.165, 1.54) is 43.4 Å². The maximum atomic E-state index is 10.6. The number of likely N-dealkylation sites (N-methyl/N-ethyl adjacent to an activating group) is 1. The molecule has 0 aromatic carbocycles. The number of carboxylic acid groups (broad SMARTS) is 2. The second-order valence-electron chi connectivity index (χ2n) is 8.72. The molecule has 0 spiro atoms. The fraction of sp³-hybridized carbons (Fsp3) is 0.714. The van der Waals surface area contributed by atoms with Crippen LogP contribution in [0.1, 0.15) is 56.2 Å². The molecular formula is C21H29F6N5O4. The van der Waals surface area contributed by atoms with Gasteiger partial charge in [0, 0.05) is 30.6 Å². The number of nitrogens with zero attached hydrogens (tertiary/aromatic N) is 3.